The highest BCUT2D eigenvalue weighted by Crippen LogP contribution is 2.23. The monoisotopic (exact) mass is 276 g/mol. The summed E-state index contributed by atoms with van der Waals surface area (Å²) in [5.41, 5.74) is 0. The van der Waals surface area contributed by atoms with Crippen molar-refractivity contribution in [3.05, 3.63) is 12.4 Å². The third-order valence-electron chi connectivity index (χ3n) is 2.45. The molecule has 0 amide bonds. The van der Waals surface area contributed by atoms with E-state index in [2.05, 4.69) is 15.3 Å². The number of alkyl halides is 3. The molecule has 108 valence electrons. The van der Waals surface area contributed by atoms with E-state index < -0.39 is 12.7 Å². The molecule has 0 spiro atoms. The van der Waals surface area contributed by atoms with E-state index in [1.165, 1.54) is 17.3 Å². The van der Waals surface area contributed by atoms with E-state index in [1.54, 1.807) is 13.8 Å². The summed E-state index contributed by atoms with van der Waals surface area (Å²) < 4.78 is 37.6. The Kier molecular flexibility index (Phi) is 5.38. The van der Waals surface area contributed by atoms with E-state index in [0.717, 1.165) is 6.42 Å². The van der Waals surface area contributed by atoms with Crippen LogP contribution in [-0.2, 0) is 0 Å². The average molecular weight is 276 g/mol. The minimum atomic E-state index is -4.27. The second-order valence-corrected chi connectivity index (χ2v) is 4.53. The van der Waals surface area contributed by atoms with Gasteiger partial charge in [0.05, 0.1) is 12.4 Å². The fourth-order valence-electron chi connectivity index (χ4n) is 1.55. The van der Waals surface area contributed by atoms with Gasteiger partial charge in [-0.15, -0.1) is 0 Å². The van der Waals surface area contributed by atoms with Gasteiger partial charge in [0.15, 0.2) is 0 Å². The molecule has 1 heterocycles. The first-order valence-corrected chi connectivity index (χ1v) is 6.22. The van der Waals surface area contributed by atoms with Crippen molar-refractivity contribution in [3.63, 3.8) is 0 Å². The van der Waals surface area contributed by atoms with Crippen LogP contribution in [0.4, 0.5) is 24.8 Å². The summed E-state index contributed by atoms with van der Waals surface area (Å²) >= 11 is 0. The number of halogens is 3. The number of anilines is 2. The zero-order valence-electron chi connectivity index (χ0n) is 11.3. The van der Waals surface area contributed by atoms with Gasteiger partial charge in [-0.2, -0.15) is 13.2 Å². The van der Waals surface area contributed by atoms with E-state index in [1.807, 2.05) is 6.92 Å². The molecule has 1 aromatic rings. The number of rotatable bonds is 6. The zero-order chi connectivity index (χ0) is 14.5. The molecular formula is C12H19F3N4. The summed E-state index contributed by atoms with van der Waals surface area (Å²) in [7, 11) is 0. The summed E-state index contributed by atoms with van der Waals surface area (Å²) in [6, 6.07) is -0.308. The predicted molar refractivity (Wildman–Crippen MR) is 69.3 cm³/mol. The van der Waals surface area contributed by atoms with Crippen molar-refractivity contribution in [1.29, 1.82) is 0 Å². The van der Waals surface area contributed by atoms with Crippen LogP contribution in [0, 0.1) is 0 Å². The Morgan fingerprint density at radius 1 is 1.32 bits per heavy atom. The molecular weight excluding hydrogens is 257 g/mol. The first kappa shape index (κ1) is 15.5. The summed E-state index contributed by atoms with van der Waals surface area (Å²) in [5.74, 6) is 0.723. The molecule has 4 nitrogen and oxygen atoms in total. The summed E-state index contributed by atoms with van der Waals surface area (Å²) in [6.07, 6.45) is -0.505. The SMILES string of the molecule is CCCNc1cncc(N(CC(F)(F)F)C(C)C)n1. The van der Waals surface area contributed by atoms with Gasteiger partial charge in [0.2, 0.25) is 0 Å². The van der Waals surface area contributed by atoms with E-state index in [-0.39, 0.29) is 11.9 Å². The Bertz CT molecular complexity index is 393. The van der Waals surface area contributed by atoms with Crippen molar-refractivity contribution >= 4 is 11.6 Å². The lowest BCUT2D eigenvalue weighted by Gasteiger charge is -2.28. The molecule has 0 fully saturated rings. The van der Waals surface area contributed by atoms with Crippen molar-refractivity contribution in [3.8, 4) is 0 Å². The zero-order valence-corrected chi connectivity index (χ0v) is 11.3. The van der Waals surface area contributed by atoms with Crippen LogP contribution in [0.15, 0.2) is 12.4 Å². The predicted octanol–water partition coefficient (Wildman–Crippen LogP) is 3.08. The van der Waals surface area contributed by atoms with Crippen LogP contribution in [0.1, 0.15) is 27.2 Å². The van der Waals surface area contributed by atoms with Gasteiger partial charge in [-0.3, -0.25) is 4.98 Å². The molecule has 7 heteroatoms. The molecule has 0 unspecified atom stereocenters. The third kappa shape index (κ3) is 5.32. The Morgan fingerprint density at radius 2 is 2.00 bits per heavy atom. The van der Waals surface area contributed by atoms with Crippen LogP contribution in [0.2, 0.25) is 0 Å². The van der Waals surface area contributed by atoms with E-state index in [9.17, 15) is 13.2 Å². The van der Waals surface area contributed by atoms with Crippen LogP contribution in [0.3, 0.4) is 0 Å². The average Bonchev–Trinajstić information content (AvgIpc) is 2.32. The molecule has 0 saturated carbocycles. The highest BCUT2D eigenvalue weighted by molar-refractivity contribution is 5.44. The first-order chi connectivity index (χ1) is 8.83. The Morgan fingerprint density at radius 3 is 2.53 bits per heavy atom. The Hall–Kier alpha value is -1.53. The molecule has 0 atom stereocenters. The molecule has 0 radical (unpaired) electrons. The lowest BCUT2D eigenvalue weighted by molar-refractivity contribution is -0.120. The van der Waals surface area contributed by atoms with Crippen molar-refractivity contribution in [2.24, 2.45) is 0 Å². The molecule has 0 aliphatic heterocycles. The smallest absolute Gasteiger partial charge is 0.369 e. The number of aromatic nitrogens is 2. The van der Waals surface area contributed by atoms with Crippen LogP contribution >= 0.6 is 0 Å². The normalized spacial score (nSPS) is 11.7. The summed E-state index contributed by atoms with van der Waals surface area (Å²) in [4.78, 5) is 9.29. The van der Waals surface area contributed by atoms with Crippen molar-refractivity contribution in [2.75, 3.05) is 23.3 Å². The molecule has 0 saturated heterocycles. The lowest BCUT2D eigenvalue weighted by atomic mass is 10.3. The largest absolute Gasteiger partial charge is 0.405 e. The highest BCUT2D eigenvalue weighted by Gasteiger charge is 2.32. The van der Waals surface area contributed by atoms with Crippen molar-refractivity contribution < 1.29 is 13.2 Å². The molecule has 1 rings (SSSR count). The fraction of sp³-hybridized carbons (Fsp3) is 0.667. The van der Waals surface area contributed by atoms with Crippen LogP contribution in [-0.4, -0.2) is 35.3 Å². The summed E-state index contributed by atoms with van der Waals surface area (Å²) in [5, 5.41) is 3.01. The van der Waals surface area contributed by atoms with Gasteiger partial charge in [-0.1, -0.05) is 6.92 Å². The van der Waals surface area contributed by atoms with E-state index >= 15 is 0 Å². The number of hydrogen-bond donors (Lipinski definition) is 1. The molecule has 0 aromatic carbocycles. The third-order valence-corrected chi connectivity index (χ3v) is 2.45. The topological polar surface area (TPSA) is 41.1 Å². The van der Waals surface area contributed by atoms with Gasteiger partial charge < -0.3 is 10.2 Å². The molecule has 0 bridgehead atoms. The molecule has 1 N–H and O–H groups in total. The highest BCUT2D eigenvalue weighted by atomic mass is 19.4. The second-order valence-electron chi connectivity index (χ2n) is 4.53. The van der Waals surface area contributed by atoms with E-state index in [4.69, 9.17) is 0 Å². The van der Waals surface area contributed by atoms with Crippen LogP contribution in [0.25, 0.3) is 0 Å². The quantitative estimate of drug-likeness (QED) is 0.867. The standard InChI is InChI=1S/C12H19F3N4/c1-4-5-17-10-6-16-7-11(18-10)19(9(2)3)8-12(13,14)15/h6-7,9H,4-5,8H2,1-3H3,(H,17,18). The molecule has 1 aromatic heterocycles. The van der Waals surface area contributed by atoms with Crippen LogP contribution < -0.4 is 10.2 Å². The van der Waals surface area contributed by atoms with Gasteiger partial charge in [0, 0.05) is 12.6 Å². The second kappa shape index (κ2) is 6.58. The minimum Gasteiger partial charge on any atom is -0.369 e. The van der Waals surface area contributed by atoms with Gasteiger partial charge in [0.1, 0.15) is 18.2 Å². The Labute approximate surface area is 111 Å². The van der Waals surface area contributed by atoms with Gasteiger partial charge in [0.25, 0.3) is 0 Å². The number of nitrogens with zero attached hydrogens (tertiary/aromatic N) is 3. The van der Waals surface area contributed by atoms with Crippen molar-refractivity contribution in [2.45, 2.75) is 39.4 Å². The molecule has 0 aliphatic rings. The van der Waals surface area contributed by atoms with Crippen molar-refractivity contribution in [1.82, 2.24) is 9.97 Å². The minimum absolute atomic E-state index is 0.230. The van der Waals surface area contributed by atoms with Gasteiger partial charge in [-0.25, -0.2) is 4.98 Å². The molecule has 0 aliphatic carbocycles. The first-order valence-electron chi connectivity index (χ1n) is 6.22. The number of nitrogens with one attached hydrogen (secondary N) is 1. The summed E-state index contributed by atoms with van der Waals surface area (Å²) in [6.45, 7) is 5.06. The fourth-order valence-corrected chi connectivity index (χ4v) is 1.55. The lowest BCUT2D eigenvalue weighted by Crippen LogP contribution is -2.39. The maximum absolute atomic E-state index is 12.5. The van der Waals surface area contributed by atoms with Crippen LogP contribution in [0.5, 0.6) is 0 Å². The number of hydrogen-bond acceptors (Lipinski definition) is 4. The maximum atomic E-state index is 12.5. The van der Waals surface area contributed by atoms with Gasteiger partial charge >= 0.3 is 6.18 Å². The molecule has 19 heavy (non-hydrogen) atoms. The maximum Gasteiger partial charge on any atom is 0.405 e. The Balaban J connectivity index is 2.90. The van der Waals surface area contributed by atoms with Gasteiger partial charge in [-0.05, 0) is 20.3 Å². The van der Waals surface area contributed by atoms with E-state index in [0.29, 0.717) is 12.4 Å².